The molecule has 0 unspecified atom stereocenters. The first-order chi connectivity index (χ1) is 5.12. The molecule has 0 amide bonds. The van der Waals surface area contributed by atoms with Gasteiger partial charge in [0.15, 0.2) is 0 Å². The summed E-state index contributed by atoms with van der Waals surface area (Å²) in [6, 6.07) is 0. The first-order valence-corrected chi connectivity index (χ1v) is 6.07. The molecule has 1 aliphatic heterocycles. The van der Waals surface area contributed by atoms with E-state index in [0.29, 0.717) is 6.42 Å². The SMILES string of the molecule is CC1(CCC(=O)O)CSSC1. The van der Waals surface area contributed by atoms with Crippen molar-refractivity contribution in [1.29, 1.82) is 0 Å². The van der Waals surface area contributed by atoms with Crippen LogP contribution in [-0.2, 0) is 4.79 Å². The molecule has 1 rings (SSSR count). The van der Waals surface area contributed by atoms with Crippen LogP contribution < -0.4 is 0 Å². The average molecular weight is 192 g/mol. The van der Waals surface area contributed by atoms with E-state index in [0.717, 1.165) is 17.9 Å². The van der Waals surface area contributed by atoms with E-state index in [1.807, 2.05) is 21.6 Å². The van der Waals surface area contributed by atoms with E-state index in [-0.39, 0.29) is 5.41 Å². The summed E-state index contributed by atoms with van der Waals surface area (Å²) in [5.41, 5.74) is 0.272. The Kier molecular flexibility index (Phi) is 3.13. The molecule has 0 aromatic carbocycles. The molecular weight excluding hydrogens is 180 g/mol. The van der Waals surface area contributed by atoms with Crippen molar-refractivity contribution in [2.75, 3.05) is 11.5 Å². The minimum absolute atomic E-state index is 0.272. The Morgan fingerprint density at radius 3 is 2.55 bits per heavy atom. The molecule has 0 atom stereocenters. The van der Waals surface area contributed by atoms with E-state index in [2.05, 4.69) is 6.92 Å². The first kappa shape index (κ1) is 9.26. The van der Waals surface area contributed by atoms with Crippen LogP contribution in [0, 0.1) is 5.41 Å². The van der Waals surface area contributed by atoms with Crippen LogP contribution in [0.25, 0.3) is 0 Å². The quantitative estimate of drug-likeness (QED) is 0.696. The topological polar surface area (TPSA) is 37.3 Å². The summed E-state index contributed by atoms with van der Waals surface area (Å²) in [7, 11) is 3.71. The first-order valence-electron chi connectivity index (χ1n) is 3.59. The summed E-state index contributed by atoms with van der Waals surface area (Å²) in [5, 5.41) is 8.47. The van der Waals surface area contributed by atoms with E-state index in [1.165, 1.54) is 0 Å². The van der Waals surface area contributed by atoms with E-state index in [1.54, 1.807) is 0 Å². The lowest BCUT2D eigenvalue weighted by atomic mass is 9.90. The maximum atomic E-state index is 10.3. The maximum absolute atomic E-state index is 10.3. The molecule has 11 heavy (non-hydrogen) atoms. The Morgan fingerprint density at radius 2 is 2.09 bits per heavy atom. The van der Waals surface area contributed by atoms with Gasteiger partial charge in [0.05, 0.1) is 0 Å². The van der Waals surface area contributed by atoms with Crippen molar-refractivity contribution < 1.29 is 9.90 Å². The van der Waals surface area contributed by atoms with Crippen LogP contribution in [0.1, 0.15) is 19.8 Å². The molecule has 0 aromatic heterocycles. The number of hydrogen-bond donors (Lipinski definition) is 1. The Labute approximate surface area is 74.5 Å². The number of carboxylic acid groups (broad SMARTS) is 1. The van der Waals surface area contributed by atoms with Crippen LogP contribution in [0.3, 0.4) is 0 Å². The molecule has 4 heteroatoms. The van der Waals surface area contributed by atoms with Crippen LogP contribution in [0.5, 0.6) is 0 Å². The third kappa shape index (κ3) is 2.95. The molecule has 2 nitrogen and oxygen atoms in total. The summed E-state index contributed by atoms with van der Waals surface area (Å²) in [6.45, 7) is 2.17. The highest BCUT2D eigenvalue weighted by molar-refractivity contribution is 8.77. The van der Waals surface area contributed by atoms with E-state index in [4.69, 9.17) is 5.11 Å². The van der Waals surface area contributed by atoms with Gasteiger partial charge in [0.2, 0.25) is 0 Å². The second-order valence-corrected chi connectivity index (χ2v) is 5.69. The van der Waals surface area contributed by atoms with Crippen LogP contribution in [0.4, 0.5) is 0 Å². The molecule has 0 aromatic rings. The fraction of sp³-hybridized carbons (Fsp3) is 0.857. The van der Waals surface area contributed by atoms with Gasteiger partial charge < -0.3 is 5.11 Å². The Morgan fingerprint density at radius 1 is 1.55 bits per heavy atom. The fourth-order valence-corrected chi connectivity index (χ4v) is 4.53. The summed E-state index contributed by atoms with van der Waals surface area (Å²) >= 11 is 0. The zero-order chi connectivity index (χ0) is 8.32. The number of aliphatic carboxylic acids is 1. The Balaban J connectivity index is 2.28. The summed E-state index contributed by atoms with van der Waals surface area (Å²) < 4.78 is 0. The molecule has 0 spiro atoms. The molecule has 0 aliphatic carbocycles. The largest absolute Gasteiger partial charge is 0.481 e. The molecule has 0 radical (unpaired) electrons. The minimum Gasteiger partial charge on any atom is -0.481 e. The third-order valence-corrected chi connectivity index (χ3v) is 4.84. The van der Waals surface area contributed by atoms with Gasteiger partial charge in [-0.25, -0.2) is 0 Å². The Bertz CT molecular complexity index is 153. The van der Waals surface area contributed by atoms with Gasteiger partial charge in [0, 0.05) is 17.9 Å². The highest BCUT2D eigenvalue weighted by Crippen LogP contribution is 2.45. The molecular formula is C7H12O2S2. The van der Waals surface area contributed by atoms with Crippen LogP contribution in [0.15, 0.2) is 0 Å². The van der Waals surface area contributed by atoms with E-state index < -0.39 is 5.97 Å². The minimum atomic E-state index is -0.673. The standard InChI is InChI=1S/C7H12O2S2/c1-7(3-2-6(8)9)4-10-11-5-7/h2-5H2,1H3,(H,8,9). The Hall–Kier alpha value is 0.170. The summed E-state index contributed by atoms with van der Waals surface area (Å²) in [4.78, 5) is 10.3. The van der Waals surface area contributed by atoms with Crippen molar-refractivity contribution in [3.05, 3.63) is 0 Å². The van der Waals surface area contributed by atoms with Crippen LogP contribution >= 0.6 is 21.6 Å². The fourth-order valence-electron chi connectivity index (χ4n) is 0.963. The summed E-state index contributed by atoms with van der Waals surface area (Å²) in [5.74, 6) is 1.53. The molecule has 64 valence electrons. The second kappa shape index (κ2) is 3.72. The zero-order valence-corrected chi connectivity index (χ0v) is 8.13. The highest BCUT2D eigenvalue weighted by atomic mass is 33.1. The monoisotopic (exact) mass is 192 g/mol. The molecule has 1 aliphatic rings. The number of rotatable bonds is 3. The lowest BCUT2D eigenvalue weighted by Gasteiger charge is -2.19. The molecule has 0 saturated carbocycles. The maximum Gasteiger partial charge on any atom is 0.303 e. The predicted octanol–water partition coefficient (Wildman–Crippen LogP) is 2.25. The molecule has 1 fully saturated rings. The van der Waals surface area contributed by atoms with Crippen LogP contribution in [0.2, 0.25) is 0 Å². The van der Waals surface area contributed by atoms with Crippen molar-refractivity contribution >= 4 is 27.6 Å². The van der Waals surface area contributed by atoms with Crippen molar-refractivity contribution in [3.63, 3.8) is 0 Å². The lowest BCUT2D eigenvalue weighted by molar-refractivity contribution is -0.137. The molecule has 1 saturated heterocycles. The van der Waals surface area contributed by atoms with Gasteiger partial charge in [-0.1, -0.05) is 28.5 Å². The lowest BCUT2D eigenvalue weighted by Crippen LogP contribution is -2.19. The normalized spacial score (nSPS) is 21.9. The molecule has 1 N–H and O–H groups in total. The van der Waals surface area contributed by atoms with Gasteiger partial charge in [-0.2, -0.15) is 0 Å². The molecule has 0 bridgehead atoms. The number of carboxylic acids is 1. The number of carbonyl (C=O) groups is 1. The van der Waals surface area contributed by atoms with E-state index in [9.17, 15) is 4.79 Å². The van der Waals surface area contributed by atoms with Gasteiger partial charge >= 0.3 is 5.97 Å². The van der Waals surface area contributed by atoms with Gasteiger partial charge in [-0.15, -0.1) is 0 Å². The highest BCUT2D eigenvalue weighted by Gasteiger charge is 2.30. The smallest absolute Gasteiger partial charge is 0.303 e. The van der Waals surface area contributed by atoms with Crippen LogP contribution in [-0.4, -0.2) is 22.6 Å². The van der Waals surface area contributed by atoms with E-state index >= 15 is 0 Å². The average Bonchev–Trinajstić information content (AvgIpc) is 2.33. The second-order valence-electron chi connectivity index (χ2n) is 3.23. The predicted molar refractivity (Wildman–Crippen MR) is 49.9 cm³/mol. The van der Waals surface area contributed by atoms with Gasteiger partial charge in [0.25, 0.3) is 0 Å². The third-order valence-electron chi connectivity index (χ3n) is 1.84. The van der Waals surface area contributed by atoms with Gasteiger partial charge in [0.1, 0.15) is 0 Å². The molecule has 1 heterocycles. The van der Waals surface area contributed by atoms with Gasteiger partial charge in [-0.3, -0.25) is 4.79 Å². The van der Waals surface area contributed by atoms with Crippen molar-refractivity contribution in [2.45, 2.75) is 19.8 Å². The van der Waals surface area contributed by atoms with Gasteiger partial charge in [-0.05, 0) is 11.8 Å². The number of hydrogen-bond acceptors (Lipinski definition) is 3. The van der Waals surface area contributed by atoms with Crippen molar-refractivity contribution in [2.24, 2.45) is 5.41 Å². The van der Waals surface area contributed by atoms with Crippen molar-refractivity contribution in [1.82, 2.24) is 0 Å². The zero-order valence-electron chi connectivity index (χ0n) is 6.50. The van der Waals surface area contributed by atoms with Crippen molar-refractivity contribution in [3.8, 4) is 0 Å². The summed E-state index contributed by atoms with van der Waals surface area (Å²) in [6.07, 6.45) is 1.14.